The van der Waals surface area contributed by atoms with Crippen molar-refractivity contribution in [2.75, 3.05) is 6.61 Å². The lowest BCUT2D eigenvalue weighted by Crippen LogP contribution is -2.08. The Kier molecular flexibility index (Phi) is 4.10. The van der Waals surface area contributed by atoms with E-state index >= 15 is 0 Å². The molecule has 1 heterocycles. The van der Waals surface area contributed by atoms with Crippen LogP contribution in [0.1, 0.15) is 23.7 Å². The average molecular weight is 248 g/mol. The number of hydrogen-bond acceptors (Lipinski definition) is 2. The maximum atomic E-state index is 12.8. The van der Waals surface area contributed by atoms with Gasteiger partial charge in [0, 0.05) is 38.4 Å². The summed E-state index contributed by atoms with van der Waals surface area (Å²) in [5, 5.41) is 9.43. The van der Waals surface area contributed by atoms with Gasteiger partial charge in [-0.15, -0.1) is 0 Å². The van der Waals surface area contributed by atoms with Crippen LogP contribution in [-0.4, -0.2) is 21.3 Å². The number of hydrogen-bond donors (Lipinski definition) is 1. The standard InChI is InChI=1S/C14H17FN2O/c1-17-9-8-16-14(17)7-4-12(10-18)11-2-5-13(15)6-3-11/h2-3,5-6,8-9,12,18H,4,7,10H2,1H3. The van der Waals surface area contributed by atoms with Crippen LogP contribution in [0.15, 0.2) is 36.7 Å². The third kappa shape index (κ3) is 2.96. The number of aliphatic hydroxyl groups is 1. The first-order chi connectivity index (χ1) is 8.70. The third-order valence-corrected chi connectivity index (χ3v) is 3.20. The van der Waals surface area contributed by atoms with E-state index in [-0.39, 0.29) is 18.3 Å². The summed E-state index contributed by atoms with van der Waals surface area (Å²) in [5.41, 5.74) is 0.966. The Bertz CT molecular complexity index is 493. The summed E-state index contributed by atoms with van der Waals surface area (Å²) in [6.07, 6.45) is 5.27. The van der Waals surface area contributed by atoms with E-state index in [0.717, 1.165) is 24.2 Å². The van der Waals surface area contributed by atoms with Crippen molar-refractivity contribution in [3.05, 3.63) is 53.9 Å². The molecule has 0 aliphatic carbocycles. The van der Waals surface area contributed by atoms with Gasteiger partial charge in [-0.2, -0.15) is 0 Å². The van der Waals surface area contributed by atoms with Crippen molar-refractivity contribution in [2.24, 2.45) is 7.05 Å². The number of benzene rings is 1. The molecule has 1 atom stereocenters. The van der Waals surface area contributed by atoms with E-state index in [9.17, 15) is 9.50 Å². The van der Waals surface area contributed by atoms with Crippen molar-refractivity contribution in [1.82, 2.24) is 9.55 Å². The third-order valence-electron chi connectivity index (χ3n) is 3.20. The van der Waals surface area contributed by atoms with Gasteiger partial charge in [-0.25, -0.2) is 9.37 Å². The number of rotatable bonds is 5. The number of halogens is 1. The second-order valence-corrected chi connectivity index (χ2v) is 4.42. The molecule has 2 aromatic rings. The molecule has 2 rings (SSSR count). The van der Waals surface area contributed by atoms with Gasteiger partial charge in [-0.3, -0.25) is 0 Å². The maximum Gasteiger partial charge on any atom is 0.123 e. The van der Waals surface area contributed by atoms with Crippen molar-refractivity contribution in [3.63, 3.8) is 0 Å². The van der Waals surface area contributed by atoms with Crippen LogP contribution in [0.2, 0.25) is 0 Å². The molecule has 0 saturated carbocycles. The molecule has 1 unspecified atom stereocenters. The van der Waals surface area contributed by atoms with Crippen LogP contribution >= 0.6 is 0 Å². The molecule has 4 heteroatoms. The molecule has 1 N–H and O–H groups in total. The van der Waals surface area contributed by atoms with Gasteiger partial charge in [-0.05, 0) is 24.1 Å². The topological polar surface area (TPSA) is 38.0 Å². The predicted molar refractivity (Wildman–Crippen MR) is 67.8 cm³/mol. The summed E-state index contributed by atoms with van der Waals surface area (Å²) in [6, 6.07) is 6.32. The fourth-order valence-electron chi connectivity index (χ4n) is 2.04. The lowest BCUT2D eigenvalue weighted by molar-refractivity contribution is 0.258. The van der Waals surface area contributed by atoms with Crippen molar-refractivity contribution >= 4 is 0 Å². The van der Waals surface area contributed by atoms with Gasteiger partial charge >= 0.3 is 0 Å². The first-order valence-electron chi connectivity index (χ1n) is 6.03. The monoisotopic (exact) mass is 248 g/mol. The molecule has 0 saturated heterocycles. The highest BCUT2D eigenvalue weighted by Crippen LogP contribution is 2.21. The van der Waals surface area contributed by atoms with Gasteiger partial charge in [0.2, 0.25) is 0 Å². The molecule has 0 aliphatic heterocycles. The Balaban J connectivity index is 2.01. The summed E-state index contributed by atoms with van der Waals surface area (Å²) in [4.78, 5) is 4.25. The van der Waals surface area contributed by atoms with Crippen molar-refractivity contribution in [2.45, 2.75) is 18.8 Å². The summed E-state index contributed by atoms with van der Waals surface area (Å²) >= 11 is 0. The summed E-state index contributed by atoms with van der Waals surface area (Å²) < 4.78 is 14.8. The molecule has 0 amide bonds. The number of aromatic nitrogens is 2. The maximum absolute atomic E-state index is 12.8. The average Bonchev–Trinajstić information content (AvgIpc) is 2.78. The Hall–Kier alpha value is -1.68. The fourth-order valence-corrected chi connectivity index (χ4v) is 2.04. The van der Waals surface area contributed by atoms with Gasteiger partial charge in [0.15, 0.2) is 0 Å². The quantitative estimate of drug-likeness (QED) is 0.881. The summed E-state index contributed by atoms with van der Waals surface area (Å²) in [5.74, 6) is 0.775. The van der Waals surface area contributed by atoms with Crippen LogP contribution in [0, 0.1) is 5.82 Å². The van der Waals surface area contributed by atoms with E-state index in [4.69, 9.17) is 0 Å². The minimum atomic E-state index is -0.250. The number of aryl methyl sites for hydroxylation is 2. The molecule has 0 fully saturated rings. The summed E-state index contributed by atoms with van der Waals surface area (Å²) in [6.45, 7) is 0.0655. The van der Waals surface area contributed by atoms with Crippen molar-refractivity contribution in [1.29, 1.82) is 0 Å². The lowest BCUT2D eigenvalue weighted by Gasteiger charge is -2.14. The van der Waals surface area contributed by atoms with Gasteiger partial charge in [0.05, 0.1) is 0 Å². The lowest BCUT2D eigenvalue weighted by atomic mass is 9.95. The van der Waals surface area contributed by atoms with Crippen molar-refractivity contribution < 1.29 is 9.50 Å². The van der Waals surface area contributed by atoms with E-state index in [1.54, 1.807) is 18.3 Å². The Labute approximate surface area is 106 Å². The van der Waals surface area contributed by atoms with E-state index in [1.165, 1.54) is 12.1 Å². The molecular weight excluding hydrogens is 231 g/mol. The minimum Gasteiger partial charge on any atom is -0.396 e. The van der Waals surface area contributed by atoms with E-state index in [1.807, 2.05) is 17.8 Å². The van der Waals surface area contributed by atoms with Gasteiger partial charge in [-0.1, -0.05) is 12.1 Å². The van der Waals surface area contributed by atoms with E-state index < -0.39 is 0 Å². The van der Waals surface area contributed by atoms with Crippen LogP contribution in [0.5, 0.6) is 0 Å². The second-order valence-electron chi connectivity index (χ2n) is 4.42. The molecule has 18 heavy (non-hydrogen) atoms. The smallest absolute Gasteiger partial charge is 0.123 e. The molecule has 3 nitrogen and oxygen atoms in total. The normalized spacial score (nSPS) is 12.6. The van der Waals surface area contributed by atoms with E-state index in [0.29, 0.717) is 0 Å². The van der Waals surface area contributed by atoms with E-state index in [2.05, 4.69) is 4.98 Å². The number of nitrogens with zero attached hydrogens (tertiary/aromatic N) is 2. The molecule has 0 radical (unpaired) electrons. The minimum absolute atomic E-state index is 0.0299. The fraction of sp³-hybridized carbons (Fsp3) is 0.357. The highest BCUT2D eigenvalue weighted by atomic mass is 19.1. The molecule has 0 aliphatic rings. The van der Waals surface area contributed by atoms with Crippen molar-refractivity contribution in [3.8, 4) is 0 Å². The Morgan fingerprint density at radius 1 is 1.33 bits per heavy atom. The van der Waals surface area contributed by atoms with Crippen LogP contribution in [0.3, 0.4) is 0 Å². The SMILES string of the molecule is Cn1ccnc1CCC(CO)c1ccc(F)cc1. The zero-order valence-corrected chi connectivity index (χ0v) is 10.4. The largest absolute Gasteiger partial charge is 0.396 e. The van der Waals surface area contributed by atoms with Crippen LogP contribution in [0.4, 0.5) is 4.39 Å². The second kappa shape index (κ2) is 5.78. The van der Waals surface area contributed by atoms with Crippen LogP contribution in [0.25, 0.3) is 0 Å². The van der Waals surface area contributed by atoms with Gasteiger partial charge in [0.25, 0.3) is 0 Å². The van der Waals surface area contributed by atoms with Gasteiger partial charge in [0.1, 0.15) is 11.6 Å². The Morgan fingerprint density at radius 3 is 2.61 bits per heavy atom. The molecule has 1 aromatic heterocycles. The first kappa shape index (κ1) is 12.8. The zero-order valence-electron chi connectivity index (χ0n) is 10.4. The molecular formula is C14H17FN2O. The van der Waals surface area contributed by atoms with Crippen LogP contribution < -0.4 is 0 Å². The Morgan fingerprint density at radius 2 is 2.06 bits per heavy atom. The molecule has 96 valence electrons. The molecule has 1 aromatic carbocycles. The van der Waals surface area contributed by atoms with Gasteiger partial charge < -0.3 is 9.67 Å². The highest BCUT2D eigenvalue weighted by Gasteiger charge is 2.12. The zero-order chi connectivity index (χ0) is 13.0. The first-order valence-corrected chi connectivity index (χ1v) is 6.03. The van der Waals surface area contributed by atoms with Crippen LogP contribution in [-0.2, 0) is 13.5 Å². The summed E-state index contributed by atoms with van der Waals surface area (Å²) in [7, 11) is 1.95. The molecule has 0 bridgehead atoms. The predicted octanol–water partition coefficient (Wildman–Crippen LogP) is 2.27. The molecule has 0 spiro atoms. The highest BCUT2D eigenvalue weighted by molar-refractivity contribution is 5.20. The number of aliphatic hydroxyl groups excluding tert-OH is 1. The number of imidazole rings is 1.